The van der Waals surface area contributed by atoms with Crippen molar-refractivity contribution in [3.8, 4) is 0 Å². The molecule has 1 saturated heterocycles. The van der Waals surface area contributed by atoms with Crippen LogP contribution in [0.15, 0.2) is 0 Å². The van der Waals surface area contributed by atoms with Gasteiger partial charge in [0.2, 0.25) is 0 Å². The first-order chi connectivity index (χ1) is 8.84. The molecule has 0 amide bonds. The van der Waals surface area contributed by atoms with Gasteiger partial charge in [-0.1, -0.05) is 27.7 Å². The molecule has 0 aromatic heterocycles. The van der Waals surface area contributed by atoms with E-state index >= 15 is 0 Å². The number of piperidine rings is 1. The number of ether oxygens (including phenoxy) is 1. The smallest absolute Gasteiger partial charge is 0.322 e. The number of esters is 1. The van der Waals surface area contributed by atoms with Crippen LogP contribution >= 0.6 is 0 Å². The third-order valence-electron chi connectivity index (χ3n) is 3.96. The van der Waals surface area contributed by atoms with Gasteiger partial charge in [-0.05, 0) is 37.8 Å². The number of rotatable bonds is 6. The normalized spacial score (nSPS) is 21.4. The molecule has 1 rings (SSSR count). The Balaban J connectivity index is 2.37. The van der Waals surface area contributed by atoms with Gasteiger partial charge in [0.1, 0.15) is 6.04 Å². The minimum absolute atomic E-state index is 0.147. The van der Waals surface area contributed by atoms with Crippen LogP contribution in [0.1, 0.15) is 47.0 Å². The molecule has 0 radical (unpaired) electrons. The standard InChI is InChI=1S/C15H30N2O2/c1-12(2)16-13(14(18)19-5)6-9-17-10-7-15(3,4)8-11-17/h12-13,16H,6-11H2,1-5H3. The lowest BCUT2D eigenvalue weighted by molar-refractivity contribution is -0.143. The molecule has 1 heterocycles. The van der Waals surface area contributed by atoms with Gasteiger partial charge in [-0.25, -0.2) is 0 Å². The second kappa shape index (κ2) is 7.25. The maximum atomic E-state index is 11.7. The quantitative estimate of drug-likeness (QED) is 0.750. The van der Waals surface area contributed by atoms with Gasteiger partial charge in [0.05, 0.1) is 7.11 Å². The van der Waals surface area contributed by atoms with Crippen LogP contribution in [0.4, 0.5) is 0 Å². The third-order valence-corrected chi connectivity index (χ3v) is 3.96. The Labute approximate surface area is 117 Å². The van der Waals surface area contributed by atoms with Crippen molar-refractivity contribution in [2.45, 2.75) is 59.0 Å². The second-order valence-electron chi connectivity index (χ2n) is 6.69. The van der Waals surface area contributed by atoms with Crippen molar-refractivity contribution < 1.29 is 9.53 Å². The molecule has 0 bridgehead atoms. The molecule has 0 aromatic carbocycles. The molecule has 1 N–H and O–H groups in total. The number of nitrogens with one attached hydrogen (secondary N) is 1. The summed E-state index contributed by atoms with van der Waals surface area (Å²) >= 11 is 0. The molecule has 1 aliphatic heterocycles. The number of carbonyl (C=O) groups is 1. The highest BCUT2D eigenvalue weighted by molar-refractivity contribution is 5.75. The summed E-state index contributed by atoms with van der Waals surface area (Å²) < 4.78 is 4.87. The first-order valence-electron chi connectivity index (χ1n) is 7.40. The Hall–Kier alpha value is -0.610. The molecular weight excluding hydrogens is 240 g/mol. The number of hydrogen-bond acceptors (Lipinski definition) is 4. The van der Waals surface area contributed by atoms with E-state index in [1.165, 1.54) is 20.0 Å². The van der Waals surface area contributed by atoms with Gasteiger partial charge < -0.3 is 15.0 Å². The van der Waals surface area contributed by atoms with E-state index in [0.29, 0.717) is 11.5 Å². The molecule has 0 aliphatic carbocycles. The summed E-state index contributed by atoms with van der Waals surface area (Å²) in [5.41, 5.74) is 0.481. The summed E-state index contributed by atoms with van der Waals surface area (Å²) in [6.07, 6.45) is 3.31. The summed E-state index contributed by atoms with van der Waals surface area (Å²) in [5.74, 6) is -0.147. The van der Waals surface area contributed by atoms with Gasteiger partial charge in [0.15, 0.2) is 0 Å². The van der Waals surface area contributed by atoms with Gasteiger partial charge in [0.25, 0.3) is 0 Å². The molecule has 1 unspecified atom stereocenters. The number of likely N-dealkylation sites (tertiary alicyclic amines) is 1. The van der Waals surface area contributed by atoms with Crippen LogP contribution in [-0.4, -0.2) is 49.7 Å². The molecule has 1 atom stereocenters. The van der Waals surface area contributed by atoms with E-state index < -0.39 is 0 Å². The number of nitrogens with zero attached hydrogens (tertiary/aromatic N) is 1. The maximum Gasteiger partial charge on any atom is 0.322 e. The van der Waals surface area contributed by atoms with Crippen LogP contribution in [0.3, 0.4) is 0 Å². The molecule has 1 fully saturated rings. The van der Waals surface area contributed by atoms with Crippen LogP contribution in [0.5, 0.6) is 0 Å². The Morgan fingerprint density at radius 3 is 2.37 bits per heavy atom. The van der Waals surface area contributed by atoms with E-state index in [1.807, 2.05) is 0 Å². The van der Waals surface area contributed by atoms with Crippen LogP contribution in [-0.2, 0) is 9.53 Å². The van der Waals surface area contributed by atoms with E-state index in [-0.39, 0.29) is 12.0 Å². The Morgan fingerprint density at radius 1 is 1.32 bits per heavy atom. The maximum absolute atomic E-state index is 11.7. The fraction of sp³-hybridized carbons (Fsp3) is 0.933. The van der Waals surface area contributed by atoms with Gasteiger partial charge in [-0.3, -0.25) is 4.79 Å². The van der Waals surface area contributed by atoms with Crippen molar-refractivity contribution in [2.75, 3.05) is 26.7 Å². The molecule has 0 saturated carbocycles. The summed E-state index contributed by atoms with van der Waals surface area (Å²) in [6, 6.07) is 0.115. The highest BCUT2D eigenvalue weighted by Crippen LogP contribution is 2.29. The minimum atomic E-state index is -0.181. The van der Waals surface area contributed by atoms with E-state index in [2.05, 4.69) is 37.9 Å². The van der Waals surface area contributed by atoms with Crippen LogP contribution in [0, 0.1) is 5.41 Å². The highest BCUT2D eigenvalue weighted by Gasteiger charge is 2.26. The molecule has 1 aliphatic rings. The summed E-state index contributed by atoms with van der Waals surface area (Å²) in [4.78, 5) is 14.2. The monoisotopic (exact) mass is 270 g/mol. The first kappa shape index (κ1) is 16.4. The van der Waals surface area contributed by atoms with Crippen molar-refractivity contribution >= 4 is 5.97 Å². The molecule has 0 aromatic rings. The van der Waals surface area contributed by atoms with E-state index in [4.69, 9.17) is 4.74 Å². The summed E-state index contributed by atoms with van der Waals surface area (Å²) in [6.45, 7) is 12.0. The third kappa shape index (κ3) is 5.91. The zero-order valence-corrected chi connectivity index (χ0v) is 13.2. The zero-order valence-electron chi connectivity index (χ0n) is 13.2. The highest BCUT2D eigenvalue weighted by atomic mass is 16.5. The Morgan fingerprint density at radius 2 is 1.89 bits per heavy atom. The van der Waals surface area contributed by atoms with Crippen molar-refractivity contribution in [1.29, 1.82) is 0 Å². The summed E-state index contributed by atoms with van der Waals surface area (Å²) in [7, 11) is 1.46. The second-order valence-corrected chi connectivity index (χ2v) is 6.69. The first-order valence-corrected chi connectivity index (χ1v) is 7.40. The number of carbonyl (C=O) groups excluding carboxylic acids is 1. The Kier molecular flexibility index (Phi) is 6.27. The van der Waals surface area contributed by atoms with Gasteiger partial charge in [-0.2, -0.15) is 0 Å². The van der Waals surface area contributed by atoms with Crippen LogP contribution in [0.2, 0.25) is 0 Å². The molecular formula is C15H30N2O2. The van der Waals surface area contributed by atoms with Gasteiger partial charge in [0, 0.05) is 12.6 Å². The Bertz CT molecular complexity index is 280. The predicted molar refractivity (Wildman–Crippen MR) is 78.1 cm³/mol. The predicted octanol–water partition coefficient (Wildman–Crippen LogP) is 2.04. The van der Waals surface area contributed by atoms with Crippen molar-refractivity contribution in [2.24, 2.45) is 5.41 Å². The summed E-state index contributed by atoms with van der Waals surface area (Å²) in [5, 5.41) is 3.29. The van der Waals surface area contributed by atoms with E-state index in [9.17, 15) is 4.79 Å². The lowest BCUT2D eigenvalue weighted by Gasteiger charge is -2.37. The molecule has 0 spiro atoms. The lowest BCUT2D eigenvalue weighted by atomic mass is 9.82. The topological polar surface area (TPSA) is 41.6 Å². The fourth-order valence-corrected chi connectivity index (χ4v) is 2.51. The van der Waals surface area contributed by atoms with Crippen LogP contribution < -0.4 is 5.32 Å². The molecule has 4 heteroatoms. The average Bonchev–Trinajstić information content (AvgIpc) is 2.34. The largest absolute Gasteiger partial charge is 0.468 e. The number of hydrogen-bond donors (Lipinski definition) is 1. The number of methoxy groups -OCH3 is 1. The lowest BCUT2D eigenvalue weighted by Crippen LogP contribution is -2.45. The SMILES string of the molecule is COC(=O)C(CCN1CCC(C)(C)CC1)NC(C)C. The van der Waals surface area contributed by atoms with Gasteiger partial charge in [-0.15, -0.1) is 0 Å². The molecule has 19 heavy (non-hydrogen) atoms. The van der Waals surface area contributed by atoms with E-state index in [1.54, 1.807) is 0 Å². The molecule has 112 valence electrons. The average molecular weight is 270 g/mol. The van der Waals surface area contributed by atoms with Crippen LogP contribution in [0.25, 0.3) is 0 Å². The van der Waals surface area contributed by atoms with Crippen molar-refractivity contribution in [3.63, 3.8) is 0 Å². The fourth-order valence-electron chi connectivity index (χ4n) is 2.51. The minimum Gasteiger partial charge on any atom is -0.468 e. The van der Waals surface area contributed by atoms with Gasteiger partial charge >= 0.3 is 5.97 Å². The van der Waals surface area contributed by atoms with Crippen molar-refractivity contribution in [1.82, 2.24) is 10.2 Å². The van der Waals surface area contributed by atoms with E-state index in [0.717, 1.165) is 26.1 Å². The molecule has 4 nitrogen and oxygen atoms in total. The van der Waals surface area contributed by atoms with Crippen molar-refractivity contribution in [3.05, 3.63) is 0 Å². The zero-order chi connectivity index (χ0) is 14.5.